The van der Waals surface area contributed by atoms with Crippen molar-refractivity contribution in [2.75, 3.05) is 13.1 Å². The van der Waals surface area contributed by atoms with Crippen LogP contribution in [0.5, 0.6) is 0 Å². The summed E-state index contributed by atoms with van der Waals surface area (Å²) < 4.78 is 24.4. The van der Waals surface area contributed by atoms with Gasteiger partial charge in [0.1, 0.15) is 24.5 Å². The number of carbonyl (C=O) groups is 2. The van der Waals surface area contributed by atoms with Crippen LogP contribution in [0.25, 0.3) is 0 Å². The number of aliphatic hydroxyl groups excluding tert-OH is 1. The highest BCUT2D eigenvalue weighted by Gasteiger charge is 2.40. The topological polar surface area (TPSA) is 88.1 Å². The van der Waals surface area contributed by atoms with Gasteiger partial charge in [0.05, 0.1) is 12.6 Å². The van der Waals surface area contributed by atoms with E-state index in [0.717, 1.165) is 10.5 Å². The first-order chi connectivity index (χ1) is 12.2. The van der Waals surface area contributed by atoms with Crippen molar-refractivity contribution in [3.8, 4) is 0 Å². The fraction of sp³-hybridized carbons (Fsp3) is 0.556. The van der Waals surface area contributed by atoms with E-state index >= 15 is 0 Å². The van der Waals surface area contributed by atoms with E-state index in [0.29, 0.717) is 0 Å². The standard InChI is InChI=1S/C18H25FN2O5/c1-18(2,3)26-17(24)21-9-13(19)15(22)14(10-21)20-16(23)25-11-12-7-5-4-6-8-12/h4-8,13-15,22H,9-11H2,1-3H3,(H,20,23). The maximum Gasteiger partial charge on any atom is 0.410 e. The number of benzene rings is 1. The first-order valence-corrected chi connectivity index (χ1v) is 8.43. The number of aliphatic hydroxyl groups is 1. The Labute approximate surface area is 152 Å². The van der Waals surface area contributed by atoms with Crippen molar-refractivity contribution in [2.24, 2.45) is 0 Å². The molecule has 1 aromatic rings. The molecular formula is C18H25FN2O5. The molecule has 2 N–H and O–H groups in total. The van der Waals surface area contributed by atoms with Crippen molar-refractivity contribution in [1.82, 2.24) is 10.2 Å². The van der Waals surface area contributed by atoms with Gasteiger partial charge in [-0.15, -0.1) is 0 Å². The van der Waals surface area contributed by atoms with Gasteiger partial charge in [0.2, 0.25) is 0 Å². The Morgan fingerprint density at radius 2 is 1.92 bits per heavy atom. The van der Waals surface area contributed by atoms with Crippen LogP contribution in [0, 0.1) is 0 Å². The third-order valence-corrected chi connectivity index (χ3v) is 3.76. The third-order valence-electron chi connectivity index (χ3n) is 3.76. The Balaban J connectivity index is 1.91. The second-order valence-corrected chi connectivity index (χ2v) is 7.20. The molecule has 0 bridgehead atoms. The largest absolute Gasteiger partial charge is 0.445 e. The van der Waals surface area contributed by atoms with E-state index in [2.05, 4.69) is 5.32 Å². The molecular weight excluding hydrogens is 343 g/mol. The van der Waals surface area contributed by atoms with Crippen molar-refractivity contribution in [2.45, 2.75) is 51.3 Å². The predicted octanol–water partition coefficient (Wildman–Crippen LogP) is 2.23. The lowest BCUT2D eigenvalue weighted by Gasteiger charge is -2.38. The number of hydrogen-bond donors (Lipinski definition) is 2. The molecule has 2 rings (SSSR count). The van der Waals surface area contributed by atoms with Crippen molar-refractivity contribution in [1.29, 1.82) is 0 Å². The molecule has 1 aliphatic rings. The van der Waals surface area contributed by atoms with Crippen LogP contribution in [-0.2, 0) is 16.1 Å². The fourth-order valence-electron chi connectivity index (χ4n) is 2.51. The zero-order valence-electron chi connectivity index (χ0n) is 15.1. The Morgan fingerprint density at radius 3 is 2.54 bits per heavy atom. The van der Waals surface area contributed by atoms with Crippen LogP contribution < -0.4 is 5.32 Å². The number of hydrogen-bond acceptors (Lipinski definition) is 5. The van der Waals surface area contributed by atoms with E-state index in [1.54, 1.807) is 32.9 Å². The van der Waals surface area contributed by atoms with Crippen LogP contribution in [0.4, 0.5) is 14.0 Å². The molecule has 8 heteroatoms. The second-order valence-electron chi connectivity index (χ2n) is 7.20. The molecule has 7 nitrogen and oxygen atoms in total. The lowest BCUT2D eigenvalue weighted by molar-refractivity contribution is -0.0335. The quantitative estimate of drug-likeness (QED) is 0.854. The minimum absolute atomic E-state index is 0.0460. The van der Waals surface area contributed by atoms with E-state index in [4.69, 9.17) is 9.47 Å². The number of amides is 2. The number of alkyl carbamates (subject to hydrolysis) is 1. The Hall–Kier alpha value is -2.35. The number of nitrogens with one attached hydrogen (secondary N) is 1. The van der Waals surface area contributed by atoms with E-state index in [9.17, 15) is 19.1 Å². The number of nitrogens with zero attached hydrogens (tertiary/aromatic N) is 1. The van der Waals surface area contributed by atoms with E-state index in [-0.39, 0.29) is 19.7 Å². The van der Waals surface area contributed by atoms with Gasteiger partial charge in [0, 0.05) is 6.54 Å². The molecule has 0 spiro atoms. The van der Waals surface area contributed by atoms with Crippen LogP contribution in [0.1, 0.15) is 26.3 Å². The summed E-state index contributed by atoms with van der Waals surface area (Å²) in [5, 5.41) is 12.4. The summed E-state index contributed by atoms with van der Waals surface area (Å²) in [6.07, 6.45) is -4.62. The molecule has 1 saturated heterocycles. The van der Waals surface area contributed by atoms with Crippen molar-refractivity contribution in [3.63, 3.8) is 0 Å². The van der Waals surface area contributed by atoms with Gasteiger partial charge in [-0.2, -0.15) is 0 Å². The van der Waals surface area contributed by atoms with Gasteiger partial charge in [-0.3, -0.25) is 0 Å². The summed E-state index contributed by atoms with van der Waals surface area (Å²) in [4.78, 5) is 25.2. The summed E-state index contributed by atoms with van der Waals surface area (Å²) in [5.74, 6) is 0. The van der Waals surface area contributed by atoms with Gasteiger partial charge >= 0.3 is 12.2 Å². The van der Waals surface area contributed by atoms with E-state index in [1.165, 1.54) is 0 Å². The zero-order valence-corrected chi connectivity index (χ0v) is 15.1. The summed E-state index contributed by atoms with van der Waals surface area (Å²) in [7, 11) is 0. The monoisotopic (exact) mass is 368 g/mol. The number of alkyl halides is 1. The first kappa shape index (κ1) is 20.0. The fourth-order valence-corrected chi connectivity index (χ4v) is 2.51. The number of rotatable bonds is 3. The number of likely N-dealkylation sites (tertiary alicyclic amines) is 1. The summed E-state index contributed by atoms with van der Waals surface area (Å²) in [5.41, 5.74) is 0.0711. The van der Waals surface area contributed by atoms with Crippen molar-refractivity contribution in [3.05, 3.63) is 35.9 Å². The first-order valence-electron chi connectivity index (χ1n) is 8.43. The minimum atomic E-state index is -1.70. The van der Waals surface area contributed by atoms with Crippen LogP contribution in [0.15, 0.2) is 30.3 Å². The van der Waals surface area contributed by atoms with Crippen LogP contribution in [-0.4, -0.2) is 59.2 Å². The van der Waals surface area contributed by atoms with Gasteiger partial charge in [-0.1, -0.05) is 30.3 Å². The number of piperidine rings is 1. The second kappa shape index (κ2) is 8.35. The Morgan fingerprint density at radius 1 is 1.27 bits per heavy atom. The molecule has 0 aromatic heterocycles. The minimum Gasteiger partial charge on any atom is -0.445 e. The van der Waals surface area contributed by atoms with E-state index in [1.807, 2.05) is 18.2 Å². The Bertz CT molecular complexity index is 620. The van der Waals surface area contributed by atoms with Crippen LogP contribution >= 0.6 is 0 Å². The van der Waals surface area contributed by atoms with Gasteiger partial charge in [0.25, 0.3) is 0 Å². The number of carbonyl (C=O) groups excluding carboxylic acids is 2. The summed E-state index contributed by atoms with van der Waals surface area (Å²) >= 11 is 0. The van der Waals surface area contributed by atoms with Crippen LogP contribution in [0.3, 0.4) is 0 Å². The molecule has 1 heterocycles. The summed E-state index contributed by atoms with van der Waals surface area (Å²) in [6, 6.07) is 8.07. The molecule has 3 atom stereocenters. The highest BCUT2D eigenvalue weighted by atomic mass is 19.1. The molecule has 0 radical (unpaired) electrons. The maximum absolute atomic E-state index is 14.1. The molecule has 0 aliphatic carbocycles. The van der Waals surface area contributed by atoms with Gasteiger partial charge in [-0.25, -0.2) is 14.0 Å². The molecule has 0 saturated carbocycles. The molecule has 2 amide bonds. The number of ether oxygens (including phenoxy) is 2. The molecule has 26 heavy (non-hydrogen) atoms. The highest BCUT2D eigenvalue weighted by molar-refractivity contribution is 5.70. The molecule has 1 aliphatic heterocycles. The number of halogens is 1. The normalized spacial score (nSPS) is 23.3. The van der Waals surface area contributed by atoms with Gasteiger partial charge in [-0.05, 0) is 26.3 Å². The molecule has 1 aromatic carbocycles. The summed E-state index contributed by atoms with van der Waals surface area (Å²) in [6.45, 7) is 4.78. The zero-order chi connectivity index (χ0) is 19.3. The maximum atomic E-state index is 14.1. The van der Waals surface area contributed by atoms with Crippen molar-refractivity contribution >= 4 is 12.2 Å². The lowest BCUT2D eigenvalue weighted by atomic mass is 10.0. The van der Waals surface area contributed by atoms with Crippen molar-refractivity contribution < 1.29 is 28.6 Å². The average molecular weight is 368 g/mol. The van der Waals surface area contributed by atoms with Crippen LogP contribution in [0.2, 0.25) is 0 Å². The average Bonchev–Trinajstić information content (AvgIpc) is 2.56. The SMILES string of the molecule is CC(C)(C)OC(=O)N1CC(F)C(O)C(NC(=O)OCc2ccccc2)C1. The van der Waals surface area contributed by atoms with Gasteiger partial charge in [0.15, 0.2) is 0 Å². The Kier molecular flexibility index (Phi) is 6.42. The lowest BCUT2D eigenvalue weighted by Crippen LogP contribution is -2.61. The molecule has 3 unspecified atom stereocenters. The smallest absolute Gasteiger partial charge is 0.410 e. The molecule has 144 valence electrons. The van der Waals surface area contributed by atoms with Gasteiger partial charge < -0.3 is 24.8 Å². The van der Waals surface area contributed by atoms with E-state index < -0.39 is 36.1 Å². The molecule has 1 fully saturated rings. The third kappa shape index (κ3) is 5.87. The predicted molar refractivity (Wildman–Crippen MR) is 92.3 cm³/mol. The highest BCUT2D eigenvalue weighted by Crippen LogP contribution is 2.18.